The molecule has 16 heavy (non-hydrogen) atoms. The molecule has 6 heteroatoms. The first-order valence-corrected chi connectivity index (χ1v) is 5.60. The summed E-state index contributed by atoms with van der Waals surface area (Å²) in [6, 6.07) is 4.41. The summed E-state index contributed by atoms with van der Waals surface area (Å²) in [4.78, 5) is 22.0. The van der Waals surface area contributed by atoms with Crippen molar-refractivity contribution in [1.82, 2.24) is 0 Å². The molecule has 0 fully saturated rings. The maximum absolute atomic E-state index is 10.8. The number of halogens is 1. The molecule has 0 saturated carbocycles. The van der Waals surface area contributed by atoms with Crippen molar-refractivity contribution in [2.24, 2.45) is 0 Å². The molecule has 0 aliphatic rings. The topological polar surface area (TPSA) is 74.6 Å². The van der Waals surface area contributed by atoms with Gasteiger partial charge in [-0.2, -0.15) is 0 Å². The Hall–Kier alpha value is -1.20. The quantitative estimate of drug-likeness (QED) is 0.814. The van der Waals surface area contributed by atoms with Crippen molar-refractivity contribution >= 4 is 35.3 Å². The number of aromatic carboxylic acids is 1. The SMILES string of the molecule is CC(Sc1ccc(Cl)c(C(=O)O)c1)C(=O)O. The Bertz CT molecular complexity index is 433. The van der Waals surface area contributed by atoms with Crippen molar-refractivity contribution in [2.45, 2.75) is 17.1 Å². The molecule has 0 radical (unpaired) electrons. The van der Waals surface area contributed by atoms with Gasteiger partial charge in [0.2, 0.25) is 0 Å². The van der Waals surface area contributed by atoms with Crippen LogP contribution in [0.15, 0.2) is 23.1 Å². The molecule has 1 rings (SSSR count). The predicted octanol–water partition coefficient (Wildman–Crippen LogP) is 2.60. The number of hydrogen-bond acceptors (Lipinski definition) is 3. The molecular formula is C10H9ClO4S. The Morgan fingerprint density at radius 3 is 2.50 bits per heavy atom. The van der Waals surface area contributed by atoms with Crippen LogP contribution < -0.4 is 0 Å². The second-order valence-corrected chi connectivity index (χ2v) is 4.87. The zero-order chi connectivity index (χ0) is 12.3. The normalized spacial score (nSPS) is 12.1. The number of rotatable bonds is 4. The van der Waals surface area contributed by atoms with E-state index in [1.165, 1.54) is 19.1 Å². The van der Waals surface area contributed by atoms with Crippen molar-refractivity contribution in [3.63, 3.8) is 0 Å². The highest BCUT2D eigenvalue weighted by Crippen LogP contribution is 2.27. The zero-order valence-electron chi connectivity index (χ0n) is 8.31. The minimum Gasteiger partial charge on any atom is -0.480 e. The summed E-state index contributed by atoms with van der Waals surface area (Å²) in [5, 5.41) is 17.0. The number of carboxylic acids is 2. The van der Waals surface area contributed by atoms with E-state index in [1.807, 2.05) is 0 Å². The van der Waals surface area contributed by atoms with Gasteiger partial charge in [-0.1, -0.05) is 11.6 Å². The van der Waals surface area contributed by atoms with E-state index in [4.69, 9.17) is 21.8 Å². The molecule has 1 aromatic rings. The molecule has 86 valence electrons. The summed E-state index contributed by atoms with van der Waals surface area (Å²) in [5.41, 5.74) is -0.0238. The monoisotopic (exact) mass is 260 g/mol. The largest absolute Gasteiger partial charge is 0.480 e. The second kappa shape index (κ2) is 5.23. The molecular weight excluding hydrogens is 252 g/mol. The van der Waals surface area contributed by atoms with Crippen LogP contribution in [0.2, 0.25) is 5.02 Å². The van der Waals surface area contributed by atoms with E-state index in [1.54, 1.807) is 6.07 Å². The molecule has 1 atom stereocenters. The number of thioether (sulfide) groups is 1. The van der Waals surface area contributed by atoms with Crippen LogP contribution in [-0.4, -0.2) is 27.4 Å². The van der Waals surface area contributed by atoms with Gasteiger partial charge in [0.15, 0.2) is 0 Å². The van der Waals surface area contributed by atoms with Crippen LogP contribution in [0.1, 0.15) is 17.3 Å². The van der Waals surface area contributed by atoms with Gasteiger partial charge in [0.05, 0.1) is 10.6 Å². The summed E-state index contributed by atoms with van der Waals surface area (Å²) >= 11 is 6.75. The highest BCUT2D eigenvalue weighted by Gasteiger charge is 2.15. The van der Waals surface area contributed by atoms with Crippen molar-refractivity contribution in [2.75, 3.05) is 0 Å². The third kappa shape index (κ3) is 3.15. The molecule has 0 aliphatic heterocycles. The summed E-state index contributed by atoms with van der Waals surface area (Å²) in [6.45, 7) is 1.53. The number of carbonyl (C=O) groups is 2. The maximum atomic E-state index is 10.8. The lowest BCUT2D eigenvalue weighted by Crippen LogP contribution is -2.11. The average Bonchev–Trinajstić information content (AvgIpc) is 2.20. The first kappa shape index (κ1) is 12.9. The van der Waals surface area contributed by atoms with Crippen LogP contribution >= 0.6 is 23.4 Å². The third-order valence-electron chi connectivity index (χ3n) is 1.83. The first-order chi connectivity index (χ1) is 7.41. The van der Waals surface area contributed by atoms with Crippen molar-refractivity contribution in [3.8, 4) is 0 Å². The lowest BCUT2D eigenvalue weighted by molar-refractivity contribution is -0.136. The van der Waals surface area contributed by atoms with Gasteiger partial charge < -0.3 is 10.2 Å². The Balaban J connectivity index is 2.95. The van der Waals surface area contributed by atoms with Crippen LogP contribution in [0.4, 0.5) is 0 Å². The van der Waals surface area contributed by atoms with Crippen molar-refractivity contribution in [1.29, 1.82) is 0 Å². The molecule has 0 aromatic heterocycles. The molecule has 0 amide bonds. The van der Waals surface area contributed by atoms with E-state index in [9.17, 15) is 9.59 Å². The molecule has 1 unspecified atom stereocenters. The van der Waals surface area contributed by atoms with E-state index in [-0.39, 0.29) is 10.6 Å². The first-order valence-electron chi connectivity index (χ1n) is 4.34. The van der Waals surface area contributed by atoms with Gasteiger partial charge in [0.1, 0.15) is 5.25 Å². The Morgan fingerprint density at radius 2 is 2.00 bits per heavy atom. The molecule has 0 aliphatic carbocycles. The molecule has 0 saturated heterocycles. The fraction of sp³-hybridized carbons (Fsp3) is 0.200. The summed E-state index contributed by atoms with van der Waals surface area (Å²) in [6.07, 6.45) is 0. The molecule has 0 bridgehead atoms. The maximum Gasteiger partial charge on any atom is 0.337 e. The summed E-state index contributed by atoms with van der Waals surface area (Å²) in [7, 11) is 0. The predicted molar refractivity (Wildman–Crippen MR) is 61.4 cm³/mol. The third-order valence-corrected chi connectivity index (χ3v) is 3.24. The van der Waals surface area contributed by atoms with Crippen LogP contribution in [0.3, 0.4) is 0 Å². The standard InChI is InChI=1S/C10H9ClO4S/c1-5(9(12)13)16-6-2-3-8(11)7(4-6)10(14)15/h2-5H,1H3,(H,12,13)(H,14,15). The fourth-order valence-electron chi connectivity index (χ4n) is 0.996. The van der Waals surface area contributed by atoms with Gasteiger partial charge in [-0.05, 0) is 25.1 Å². The summed E-state index contributed by atoms with van der Waals surface area (Å²) in [5.74, 6) is -2.08. The highest BCUT2D eigenvalue weighted by molar-refractivity contribution is 8.00. The van der Waals surface area contributed by atoms with E-state index in [0.29, 0.717) is 4.90 Å². The van der Waals surface area contributed by atoms with Crippen molar-refractivity contribution < 1.29 is 19.8 Å². The van der Waals surface area contributed by atoms with Gasteiger partial charge >= 0.3 is 11.9 Å². The van der Waals surface area contributed by atoms with Gasteiger partial charge in [0.25, 0.3) is 0 Å². The minimum atomic E-state index is -1.13. The van der Waals surface area contributed by atoms with Crippen LogP contribution in [-0.2, 0) is 4.79 Å². The number of benzene rings is 1. The lowest BCUT2D eigenvalue weighted by atomic mass is 10.2. The van der Waals surface area contributed by atoms with Crippen LogP contribution in [0.25, 0.3) is 0 Å². The smallest absolute Gasteiger partial charge is 0.337 e. The van der Waals surface area contributed by atoms with Gasteiger partial charge in [-0.25, -0.2) is 4.79 Å². The van der Waals surface area contributed by atoms with Gasteiger partial charge in [-0.3, -0.25) is 4.79 Å². The molecule has 1 aromatic carbocycles. The Morgan fingerprint density at radius 1 is 1.38 bits per heavy atom. The van der Waals surface area contributed by atoms with Gasteiger partial charge in [0, 0.05) is 4.90 Å². The zero-order valence-corrected chi connectivity index (χ0v) is 9.88. The lowest BCUT2D eigenvalue weighted by Gasteiger charge is -2.07. The number of carboxylic acid groups (broad SMARTS) is 2. The average molecular weight is 261 g/mol. The number of aliphatic carboxylic acids is 1. The van der Waals surface area contributed by atoms with E-state index < -0.39 is 17.2 Å². The van der Waals surface area contributed by atoms with Crippen molar-refractivity contribution in [3.05, 3.63) is 28.8 Å². The Kier molecular flexibility index (Phi) is 4.20. The van der Waals surface area contributed by atoms with Gasteiger partial charge in [-0.15, -0.1) is 11.8 Å². The molecule has 0 spiro atoms. The minimum absolute atomic E-state index is 0.0238. The van der Waals surface area contributed by atoms with E-state index in [2.05, 4.69) is 0 Å². The van der Waals surface area contributed by atoms with E-state index >= 15 is 0 Å². The molecule has 0 heterocycles. The molecule has 2 N–H and O–H groups in total. The van der Waals surface area contributed by atoms with Crippen LogP contribution in [0, 0.1) is 0 Å². The summed E-state index contributed by atoms with van der Waals surface area (Å²) < 4.78 is 0. The second-order valence-electron chi connectivity index (χ2n) is 3.05. The number of hydrogen-bond donors (Lipinski definition) is 2. The molecule has 4 nitrogen and oxygen atoms in total. The van der Waals surface area contributed by atoms with Crippen LogP contribution in [0.5, 0.6) is 0 Å². The Labute approximate surface area is 101 Å². The highest BCUT2D eigenvalue weighted by atomic mass is 35.5. The van der Waals surface area contributed by atoms with E-state index in [0.717, 1.165) is 11.8 Å². The fourth-order valence-corrected chi connectivity index (χ4v) is 2.04.